The first kappa shape index (κ1) is 20.7. The molecule has 156 valence electrons. The molecule has 30 heavy (non-hydrogen) atoms. The van der Waals surface area contributed by atoms with Crippen molar-refractivity contribution in [2.75, 3.05) is 6.61 Å². The van der Waals surface area contributed by atoms with Crippen LogP contribution in [0.1, 0.15) is 29.5 Å². The maximum atomic E-state index is 12.9. The molecule has 0 aliphatic carbocycles. The molecule has 0 unspecified atom stereocenters. The fourth-order valence-corrected chi connectivity index (χ4v) is 4.65. The van der Waals surface area contributed by atoms with Crippen LogP contribution in [0.15, 0.2) is 53.4 Å². The molecular weight excluding hydrogens is 424 g/mol. The average Bonchev–Trinajstić information content (AvgIpc) is 3.28. The molecule has 0 saturated heterocycles. The molecule has 2 N–H and O–H groups in total. The minimum atomic E-state index is -3.79. The summed E-state index contributed by atoms with van der Waals surface area (Å²) >= 11 is 6.08. The maximum absolute atomic E-state index is 12.9. The van der Waals surface area contributed by atoms with Gasteiger partial charge in [-0.05, 0) is 55.2 Å². The van der Waals surface area contributed by atoms with Crippen LogP contribution in [-0.2, 0) is 27.7 Å². The van der Waals surface area contributed by atoms with Gasteiger partial charge >= 0.3 is 5.97 Å². The first-order valence-corrected chi connectivity index (χ1v) is 11.6. The Bertz CT molecular complexity index is 1210. The van der Waals surface area contributed by atoms with Gasteiger partial charge in [0.15, 0.2) is 0 Å². The summed E-state index contributed by atoms with van der Waals surface area (Å²) in [5, 5.41) is 5.84. The van der Waals surface area contributed by atoms with Gasteiger partial charge in [0.25, 0.3) is 0 Å². The van der Waals surface area contributed by atoms with Crippen molar-refractivity contribution in [2.24, 2.45) is 5.14 Å². The molecule has 0 spiro atoms. The molecule has 0 bridgehead atoms. The van der Waals surface area contributed by atoms with E-state index >= 15 is 0 Å². The van der Waals surface area contributed by atoms with Crippen LogP contribution >= 0.6 is 11.6 Å². The summed E-state index contributed by atoms with van der Waals surface area (Å²) in [4.78, 5) is 13.0. The van der Waals surface area contributed by atoms with E-state index in [0.717, 1.165) is 47.3 Å². The molecule has 1 aliphatic rings. The van der Waals surface area contributed by atoms with Crippen LogP contribution in [0.4, 0.5) is 0 Å². The Kier molecular flexibility index (Phi) is 5.44. The van der Waals surface area contributed by atoms with Gasteiger partial charge in [-0.1, -0.05) is 35.9 Å². The minimum Gasteiger partial charge on any atom is -0.461 e. The van der Waals surface area contributed by atoms with E-state index in [0.29, 0.717) is 10.7 Å². The molecule has 4 rings (SSSR count). The van der Waals surface area contributed by atoms with Gasteiger partial charge in [-0.25, -0.2) is 18.4 Å². The Balaban J connectivity index is 1.99. The smallest absolute Gasteiger partial charge is 0.355 e. The van der Waals surface area contributed by atoms with Crippen molar-refractivity contribution in [1.29, 1.82) is 0 Å². The van der Waals surface area contributed by atoms with Gasteiger partial charge in [0.2, 0.25) is 10.0 Å². The molecule has 6 nitrogen and oxygen atoms in total. The summed E-state index contributed by atoms with van der Waals surface area (Å²) < 4.78 is 30.7. The number of rotatable bonds is 5. The standard InChI is InChI=1S/C22H21ClN2O4S/c1-2-29-22(26)21-20(15-5-9-16(23)10-6-15)19(18-4-3-13-25(18)21)14-7-11-17(12-8-14)30(24,27)28/h5-12H,2-4,13H2,1H3,(H2,24,27,28). The molecule has 0 fully saturated rings. The SMILES string of the molecule is CCOC(=O)c1c(-c2ccc(Cl)cc2)c(-c2ccc(S(N)(=O)=O)cc2)c2n1CCC2. The molecule has 0 atom stereocenters. The first-order valence-electron chi connectivity index (χ1n) is 9.63. The van der Waals surface area contributed by atoms with Crippen LogP contribution in [-0.4, -0.2) is 25.6 Å². The molecule has 2 heterocycles. The number of carbonyl (C=O) groups excluding carboxylic acids is 1. The lowest BCUT2D eigenvalue weighted by molar-refractivity contribution is 0.0515. The lowest BCUT2D eigenvalue weighted by Crippen LogP contribution is -2.12. The largest absolute Gasteiger partial charge is 0.461 e. The number of aromatic nitrogens is 1. The molecule has 2 aromatic carbocycles. The number of ether oxygens (including phenoxy) is 1. The lowest BCUT2D eigenvalue weighted by atomic mass is 9.93. The zero-order valence-corrected chi connectivity index (χ0v) is 18.0. The fourth-order valence-electron chi connectivity index (χ4n) is 4.01. The Morgan fingerprint density at radius 3 is 2.27 bits per heavy atom. The number of fused-ring (bicyclic) bond motifs is 1. The maximum Gasteiger partial charge on any atom is 0.355 e. The van der Waals surface area contributed by atoms with Crippen molar-refractivity contribution >= 4 is 27.6 Å². The zero-order chi connectivity index (χ0) is 21.5. The predicted molar refractivity (Wildman–Crippen MR) is 116 cm³/mol. The van der Waals surface area contributed by atoms with Gasteiger partial charge in [-0.2, -0.15) is 0 Å². The van der Waals surface area contributed by atoms with E-state index in [1.807, 2.05) is 16.7 Å². The van der Waals surface area contributed by atoms with Crippen molar-refractivity contribution in [2.45, 2.75) is 31.2 Å². The molecule has 1 aromatic heterocycles. The first-order chi connectivity index (χ1) is 14.3. The Labute approximate surface area is 180 Å². The van der Waals surface area contributed by atoms with Gasteiger partial charge in [0.05, 0.1) is 11.5 Å². The Morgan fingerprint density at radius 1 is 1.07 bits per heavy atom. The fraction of sp³-hybridized carbons (Fsp3) is 0.227. The number of esters is 1. The lowest BCUT2D eigenvalue weighted by Gasteiger charge is -2.11. The number of primary sulfonamides is 1. The number of hydrogen-bond acceptors (Lipinski definition) is 4. The van der Waals surface area contributed by atoms with Crippen molar-refractivity contribution in [1.82, 2.24) is 4.57 Å². The number of hydrogen-bond donors (Lipinski definition) is 1. The number of benzene rings is 2. The van der Waals surface area contributed by atoms with Crippen molar-refractivity contribution in [3.63, 3.8) is 0 Å². The van der Waals surface area contributed by atoms with Crippen molar-refractivity contribution in [3.8, 4) is 22.3 Å². The average molecular weight is 445 g/mol. The van der Waals surface area contributed by atoms with Crippen molar-refractivity contribution < 1.29 is 17.9 Å². The molecule has 3 aromatic rings. The highest BCUT2D eigenvalue weighted by Crippen LogP contribution is 2.43. The highest BCUT2D eigenvalue weighted by molar-refractivity contribution is 7.89. The van der Waals surface area contributed by atoms with Crippen LogP contribution in [0.5, 0.6) is 0 Å². The zero-order valence-electron chi connectivity index (χ0n) is 16.4. The summed E-state index contributed by atoms with van der Waals surface area (Å²) in [6.45, 7) is 2.78. The highest BCUT2D eigenvalue weighted by atomic mass is 35.5. The summed E-state index contributed by atoms with van der Waals surface area (Å²) in [5.41, 5.74) is 4.87. The van der Waals surface area contributed by atoms with Crippen LogP contribution in [0, 0.1) is 0 Å². The number of nitrogens with two attached hydrogens (primary N) is 1. The highest BCUT2D eigenvalue weighted by Gasteiger charge is 2.31. The predicted octanol–water partition coefficient (Wildman–Crippen LogP) is 4.25. The van der Waals surface area contributed by atoms with E-state index in [4.69, 9.17) is 21.5 Å². The second kappa shape index (κ2) is 7.91. The molecule has 0 saturated carbocycles. The Hall–Kier alpha value is -2.61. The topological polar surface area (TPSA) is 91.4 Å². The third kappa shape index (κ3) is 3.64. The molecular formula is C22H21ClN2O4S. The third-order valence-corrected chi connectivity index (χ3v) is 6.42. The number of sulfonamides is 1. The normalized spacial score (nSPS) is 13.3. The quantitative estimate of drug-likeness (QED) is 0.595. The van der Waals surface area contributed by atoms with Gasteiger partial charge < -0.3 is 9.30 Å². The van der Waals surface area contributed by atoms with Crippen molar-refractivity contribution in [3.05, 3.63) is 64.9 Å². The summed E-state index contributed by atoms with van der Waals surface area (Å²) in [6.07, 6.45) is 1.73. The van der Waals surface area contributed by atoms with Gasteiger partial charge in [-0.3, -0.25) is 0 Å². The van der Waals surface area contributed by atoms with Crippen LogP contribution in [0.25, 0.3) is 22.3 Å². The summed E-state index contributed by atoms with van der Waals surface area (Å²) in [7, 11) is -3.79. The van der Waals surface area contributed by atoms with Gasteiger partial charge in [-0.15, -0.1) is 0 Å². The van der Waals surface area contributed by atoms with E-state index in [2.05, 4.69) is 0 Å². The monoisotopic (exact) mass is 444 g/mol. The van der Waals surface area contributed by atoms with E-state index in [1.54, 1.807) is 31.2 Å². The van der Waals surface area contributed by atoms with E-state index in [1.165, 1.54) is 12.1 Å². The number of nitrogens with zero attached hydrogens (tertiary/aromatic N) is 1. The van der Waals surface area contributed by atoms with E-state index in [9.17, 15) is 13.2 Å². The molecule has 0 radical (unpaired) electrons. The molecule has 8 heteroatoms. The molecule has 1 aliphatic heterocycles. The minimum absolute atomic E-state index is 0.0424. The second-order valence-corrected chi connectivity index (χ2v) is 9.10. The number of halogens is 1. The second-order valence-electron chi connectivity index (χ2n) is 7.10. The Morgan fingerprint density at radius 2 is 1.67 bits per heavy atom. The van der Waals surface area contributed by atoms with E-state index < -0.39 is 10.0 Å². The summed E-state index contributed by atoms with van der Waals surface area (Å²) in [6, 6.07) is 13.7. The number of carbonyl (C=O) groups is 1. The van der Waals surface area contributed by atoms with Crippen LogP contribution in [0.3, 0.4) is 0 Å². The van der Waals surface area contributed by atoms with Crippen LogP contribution in [0.2, 0.25) is 5.02 Å². The molecule has 0 amide bonds. The van der Waals surface area contributed by atoms with Gasteiger partial charge in [0.1, 0.15) is 5.69 Å². The van der Waals surface area contributed by atoms with Gasteiger partial charge in [0, 0.05) is 28.4 Å². The van der Waals surface area contributed by atoms with Crippen LogP contribution < -0.4 is 5.14 Å². The summed E-state index contributed by atoms with van der Waals surface area (Å²) in [5.74, 6) is -0.377. The van der Waals surface area contributed by atoms with E-state index in [-0.39, 0.29) is 17.5 Å². The third-order valence-electron chi connectivity index (χ3n) is 5.24.